The van der Waals surface area contributed by atoms with E-state index >= 15 is 4.39 Å². The molecule has 1 aromatic carbocycles. The zero-order valence-corrected chi connectivity index (χ0v) is 17.5. The number of benzene rings is 1. The normalized spacial score (nSPS) is 22.1. The summed E-state index contributed by atoms with van der Waals surface area (Å²) in [6.45, 7) is 0. The Labute approximate surface area is 183 Å². The summed E-state index contributed by atoms with van der Waals surface area (Å²) in [5, 5.41) is -0.461. The third-order valence-corrected chi connectivity index (χ3v) is 7.59. The van der Waals surface area contributed by atoms with E-state index in [1.54, 1.807) is 0 Å². The molecule has 1 amide bonds. The molecule has 33 heavy (non-hydrogen) atoms. The monoisotopic (exact) mass is 498 g/mol. The van der Waals surface area contributed by atoms with Gasteiger partial charge in [0.25, 0.3) is 5.91 Å². The largest absolute Gasteiger partial charge is 0.416 e. The third kappa shape index (κ3) is 5.28. The summed E-state index contributed by atoms with van der Waals surface area (Å²) in [6.07, 6.45) is -10.3. The molecule has 3 rings (SSSR count). The number of pyridine rings is 1. The number of nitrogens with one attached hydrogen (secondary N) is 1. The highest BCUT2D eigenvalue weighted by Crippen LogP contribution is 2.41. The highest BCUT2D eigenvalue weighted by Gasteiger charge is 2.48. The van der Waals surface area contributed by atoms with Gasteiger partial charge in [-0.15, -0.1) is 0 Å². The van der Waals surface area contributed by atoms with Crippen molar-refractivity contribution < 1.29 is 43.9 Å². The zero-order valence-electron chi connectivity index (χ0n) is 16.7. The van der Waals surface area contributed by atoms with E-state index in [9.17, 15) is 39.6 Å². The van der Waals surface area contributed by atoms with Crippen molar-refractivity contribution >= 4 is 15.7 Å². The minimum atomic E-state index is -4.81. The van der Waals surface area contributed by atoms with Gasteiger partial charge in [-0.25, -0.2) is 12.8 Å². The van der Waals surface area contributed by atoms with E-state index < -0.39 is 73.7 Å². The number of amides is 1. The number of aromatic nitrogens is 1. The van der Waals surface area contributed by atoms with Crippen LogP contribution < -0.4 is 5.32 Å². The van der Waals surface area contributed by atoms with Gasteiger partial charge in [0.15, 0.2) is 0 Å². The maximum Gasteiger partial charge on any atom is 0.416 e. The molecule has 0 spiro atoms. The van der Waals surface area contributed by atoms with Gasteiger partial charge in [-0.1, -0.05) is 6.07 Å². The van der Waals surface area contributed by atoms with Gasteiger partial charge in [0.05, 0.1) is 16.0 Å². The lowest BCUT2D eigenvalue weighted by Crippen LogP contribution is -2.45. The molecule has 180 valence electrons. The van der Waals surface area contributed by atoms with Crippen molar-refractivity contribution in [3.05, 3.63) is 59.4 Å². The van der Waals surface area contributed by atoms with Crippen molar-refractivity contribution in [2.24, 2.45) is 0 Å². The molecule has 1 saturated carbocycles. The molecule has 1 aliphatic rings. The summed E-state index contributed by atoms with van der Waals surface area (Å²) in [6, 6.07) is 3.26. The van der Waals surface area contributed by atoms with Gasteiger partial charge >= 0.3 is 12.4 Å². The quantitative estimate of drug-likeness (QED) is 0.607. The van der Waals surface area contributed by atoms with Gasteiger partial charge in [-0.3, -0.25) is 9.78 Å². The Morgan fingerprint density at radius 2 is 1.55 bits per heavy atom. The van der Waals surface area contributed by atoms with E-state index in [2.05, 4.69) is 10.3 Å². The first-order valence-corrected chi connectivity index (χ1v) is 11.1. The second-order valence-corrected chi connectivity index (χ2v) is 9.80. The predicted molar refractivity (Wildman–Crippen MR) is 101 cm³/mol. The Balaban J connectivity index is 1.70. The minimum absolute atomic E-state index is 0.195. The molecule has 13 heteroatoms. The van der Waals surface area contributed by atoms with Crippen LogP contribution in [0.15, 0.2) is 47.5 Å². The smallest absolute Gasteiger partial charge is 0.348 e. The van der Waals surface area contributed by atoms with Crippen molar-refractivity contribution in [1.82, 2.24) is 10.3 Å². The summed E-state index contributed by atoms with van der Waals surface area (Å²) in [5.74, 6) is -0.946. The molecule has 1 N–H and O–H groups in total. The maximum absolute atomic E-state index is 15.4. The molecule has 0 bridgehead atoms. The Morgan fingerprint density at radius 1 is 0.970 bits per heavy atom. The molecule has 0 saturated heterocycles. The van der Waals surface area contributed by atoms with Crippen LogP contribution in [-0.4, -0.2) is 30.4 Å². The van der Waals surface area contributed by atoms with E-state index in [-0.39, 0.29) is 12.8 Å². The molecule has 2 aromatic rings. The fourth-order valence-electron chi connectivity index (χ4n) is 3.50. The van der Waals surface area contributed by atoms with Crippen molar-refractivity contribution in [1.29, 1.82) is 0 Å². The number of nitrogens with zero attached hydrogens (tertiary/aromatic N) is 1. The van der Waals surface area contributed by atoms with Crippen LogP contribution in [0.1, 0.15) is 47.3 Å². The van der Waals surface area contributed by atoms with Crippen LogP contribution >= 0.6 is 0 Å². The number of carbonyl (C=O) groups excluding carboxylic acids is 1. The second-order valence-electron chi connectivity index (χ2n) is 7.59. The van der Waals surface area contributed by atoms with Crippen molar-refractivity contribution in [2.45, 2.75) is 54.0 Å². The number of rotatable bonds is 4. The molecular formula is C20H17F7N2O3S. The van der Waals surface area contributed by atoms with Crippen LogP contribution in [0.3, 0.4) is 0 Å². The summed E-state index contributed by atoms with van der Waals surface area (Å²) in [5.41, 5.74) is -2.83. The Kier molecular flexibility index (Phi) is 6.48. The molecule has 0 unspecified atom stereocenters. The van der Waals surface area contributed by atoms with Crippen LogP contribution in [0, 0.1) is 0 Å². The topological polar surface area (TPSA) is 76.1 Å². The van der Waals surface area contributed by atoms with Gasteiger partial charge in [0.1, 0.15) is 5.69 Å². The van der Waals surface area contributed by atoms with Crippen LogP contribution in [0.25, 0.3) is 0 Å². The molecule has 1 aromatic heterocycles. The van der Waals surface area contributed by atoms with Crippen molar-refractivity contribution in [3.8, 4) is 0 Å². The lowest BCUT2D eigenvalue weighted by atomic mass is 9.93. The fraction of sp³-hybridized carbons (Fsp3) is 0.400. The van der Waals surface area contributed by atoms with Gasteiger partial charge in [0, 0.05) is 12.2 Å². The first-order chi connectivity index (χ1) is 15.1. The number of carbonyl (C=O) groups is 1. The second kappa shape index (κ2) is 8.58. The minimum Gasteiger partial charge on any atom is -0.348 e. The first-order valence-electron chi connectivity index (χ1n) is 9.58. The summed E-state index contributed by atoms with van der Waals surface area (Å²) in [4.78, 5) is 15.0. The first kappa shape index (κ1) is 24.9. The third-order valence-electron chi connectivity index (χ3n) is 5.34. The van der Waals surface area contributed by atoms with Crippen LogP contribution in [0.2, 0.25) is 0 Å². The molecule has 0 radical (unpaired) electrons. The molecule has 5 nitrogen and oxygen atoms in total. The Hall–Kier alpha value is -2.70. The average molecular weight is 498 g/mol. The molecule has 1 heterocycles. The van der Waals surface area contributed by atoms with Crippen LogP contribution in [-0.2, 0) is 22.2 Å². The SMILES string of the molecule is O=C(NC1CCC(F)(S(=O)(=O)c2cccc(C(F)(F)F)c2)CC1)c1cc(C(F)(F)F)ccn1. The number of hydrogen-bond donors (Lipinski definition) is 1. The van der Waals surface area contributed by atoms with Crippen molar-refractivity contribution in [3.63, 3.8) is 0 Å². The predicted octanol–water partition coefficient (Wildman–Crippen LogP) is 4.93. The standard InChI is InChI=1S/C20H17F7N2O3S/c21-18(33(31,32)15-3-1-2-12(10-15)19(22,23)24)7-4-14(5-8-18)29-17(30)16-11-13(6-9-28-16)20(25,26)27/h1-3,6,9-11,14H,4-5,7-8H2,(H,29,30). The number of alkyl halides is 7. The molecular weight excluding hydrogens is 481 g/mol. The number of sulfone groups is 1. The molecule has 1 aliphatic carbocycles. The Morgan fingerprint density at radius 3 is 2.12 bits per heavy atom. The molecule has 1 fully saturated rings. The summed E-state index contributed by atoms with van der Waals surface area (Å²) >= 11 is 0. The highest BCUT2D eigenvalue weighted by atomic mass is 32.2. The van der Waals surface area contributed by atoms with Crippen LogP contribution in [0.5, 0.6) is 0 Å². The van der Waals surface area contributed by atoms with E-state index in [0.29, 0.717) is 24.3 Å². The van der Waals surface area contributed by atoms with Gasteiger partial charge in [0.2, 0.25) is 14.8 Å². The molecule has 0 atom stereocenters. The fourth-order valence-corrected chi connectivity index (χ4v) is 5.24. The number of halogens is 7. The lowest BCUT2D eigenvalue weighted by Gasteiger charge is -2.33. The van der Waals surface area contributed by atoms with E-state index in [1.165, 1.54) is 0 Å². The van der Waals surface area contributed by atoms with Crippen molar-refractivity contribution in [2.75, 3.05) is 0 Å². The van der Waals surface area contributed by atoms with Crippen LogP contribution in [0.4, 0.5) is 30.7 Å². The molecule has 0 aliphatic heterocycles. The average Bonchev–Trinajstić information content (AvgIpc) is 2.74. The van der Waals surface area contributed by atoms with Gasteiger partial charge in [-0.05, 0) is 56.0 Å². The van der Waals surface area contributed by atoms with E-state index in [4.69, 9.17) is 0 Å². The van der Waals surface area contributed by atoms with Gasteiger partial charge < -0.3 is 5.32 Å². The summed E-state index contributed by atoms with van der Waals surface area (Å²) in [7, 11) is -4.79. The Bertz CT molecular complexity index is 1140. The van der Waals surface area contributed by atoms with E-state index in [1.807, 2.05) is 0 Å². The van der Waals surface area contributed by atoms with Gasteiger partial charge in [-0.2, -0.15) is 26.3 Å². The zero-order chi connectivity index (χ0) is 24.7. The van der Waals surface area contributed by atoms with E-state index in [0.717, 1.165) is 18.3 Å². The number of hydrogen-bond acceptors (Lipinski definition) is 4. The lowest BCUT2D eigenvalue weighted by molar-refractivity contribution is -0.138. The summed E-state index contributed by atoms with van der Waals surface area (Å²) < 4.78 is 118. The highest BCUT2D eigenvalue weighted by molar-refractivity contribution is 7.92. The maximum atomic E-state index is 15.4.